The Hall–Kier alpha value is -2.86. The average molecular weight is 370 g/mol. The van der Waals surface area contributed by atoms with Crippen LogP contribution in [0.5, 0.6) is 5.75 Å². The third-order valence-corrected chi connectivity index (χ3v) is 4.24. The third kappa shape index (κ3) is 6.11. The van der Waals surface area contributed by atoms with Crippen LogP contribution in [0.3, 0.4) is 0 Å². The summed E-state index contributed by atoms with van der Waals surface area (Å²) in [6.45, 7) is 2.86. The van der Waals surface area contributed by atoms with Crippen LogP contribution in [0.1, 0.15) is 24.9 Å². The molecule has 0 aliphatic carbocycles. The Bertz CT molecular complexity index is 749. The number of ether oxygens (including phenoxy) is 1. The fourth-order valence-electron chi connectivity index (χ4n) is 2.90. The summed E-state index contributed by atoms with van der Waals surface area (Å²) >= 11 is 0. The van der Waals surface area contributed by atoms with E-state index in [9.17, 15) is 9.59 Å². The highest BCUT2D eigenvalue weighted by atomic mass is 16.5. The maximum absolute atomic E-state index is 13.0. The molecule has 144 valence electrons. The van der Waals surface area contributed by atoms with Crippen LogP contribution in [0.2, 0.25) is 0 Å². The molecule has 0 bridgehead atoms. The second kappa shape index (κ2) is 10.3. The van der Waals surface area contributed by atoms with Crippen molar-refractivity contribution in [1.82, 2.24) is 5.32 Å². The summed E-state index contributed by atoms with van der Waals surface area (Å²) in [7, 11) is 3.44. The van der Waals surface area contributed by atoms with E-state index in [4.69, 9.17) is 4.74 Å². The second-order valence-corrected chi connectivity index (χ2v) is 6.44. The number of anilines is 1. The lowest BCUT2D eigenvalue weighted by atomic mass is 10.0. The second-order valence-electron chi connectivity index (χ2n) is 6.44. The van der Waals surface area contributed by atoms with Gasteiger partial charge in [-0.25, -0.2) is 0 Å². The molecular weight excluding hydrogens is 342 g/mol. The molecule has 0 aliphatic heterocycles. The number of hydrogen-bond acceptors (Lipinski definition) is 3. The van der Waals surface area contributed by atoms with Crippen molar-refractivity contribution >= 4 is 17.5 Å². The van der Waals surface area contributed by atoms with Crippen LogP contribution in [0, 0.1) is 0 Å². The third-order valence-electron chi connectivity index (χ3n) is 4.24. The van der Waals surface area contributed by atoms with Crippen molar-refractivity contribution < 1.29 is 19.2 Å². The number of carbonyl (C=O) groups excluding carboxylic acids is 2. The Morgan fingerprint density at radius 3 is 2.52 bits per heavy atom. The first kappa shape index (κ1) is 20.5. The molecule has 0 heterocycles. The molecule has 0 fully saturated rings. The quantitative estimate of drug-likeness (QED) is 0.625. The van der Waals surface area contributed by atoms with E-state index in [2.05, 4.69) is 10.6 Å². The minimum Gasteiger partial charge on any atom is -0.497 e. The fraction of sp³-hybridized carbons (Fsp3) is 0.333. The number of likely N-dealkylation sites (N-methyl/N-ethyl adjacent to an activating group) is 1. The number of carbonyl (C=O) groups is 2. The SMILES string of the molecule is CCCNC(=O)C[NH+](C)[C@H](C(=O)Nc1cccc(OC)c1)c1ccccc1. The molecule has 0 saturated carbocycles. The molecule has 2 amide bonds. The molecule has 6 nitrogen and oxygen atoms in total. The summed E-state index contributed by atoms with van der Waals surface area (Å²) in [6.07, 6.45) is 0.878. The number of amides is 2. The molecule has 0 saturated heterocycles. The van der Waals surface area contributed by atoms with E-state index in [0.717, 1.165) is 16.9 Å². The van der Waals surface area contributed by atoms with E-state index < -0.39 is 6.04 Å². The first-order valence-electron chi connectivity index (χ1n) is 9.14. The largest absolute Gasteiger partial charge is 0.497 e. The van der Waals surface area contributed by atoms with Crippen molar-refractivity contribution in [3.05, 3.63) is 60.2 Å². The number of benzene rings is 2. The zero-order valence-corrected chi connectivity index (χ0v) is 16.1. The molecule has 3 N–H and O–H groups in total. The Labute approximate surface area is 160 Å². The maximum atomic E-state index is 13.0. The van der Waals surface area contributed by atoms with Gasteiger partial charge < -0.3 is 20.3 Å². The number of quaternary nitrogens is 1. The van der Waals surface area contributed by atoms with E-state index in [-0.39, 0.29) is 18.4 Å². The molecule has 27 heavy (non-hydrogen) atoms. The summed E-state index contributed by atoms with van der Waals surface area (Å²) in [5, 5.41) is 5.81. The molecule has 0 aliphatic rings. The molecule has 6 heteroatoms. The van der Waals surface area contributed by atoms with Gasteiger partial charge in [-0.05, 0) is 18.6 Å². The van der Waals surface area contributed by atoms with Gasteiger partial charge in [0, 0.05) is 23.9 Å². The van der Waals surface area contributed by atoms with Gasteiger partial charge >= 0.3 is 0 Å². The molecule has 0 aromatic heterocycles. The van der Waals surface area contributed by atoms with E-state index in [1.165, 1.54) is 0 Å². The van der Waals surface area contributed by atoms with Crippen molar-refractivity contribution in [2.75, 3.05) is 32.6 Å². The summed E-state index contributed by atoms with van der Waals surface area (Å²) in [4.78, 5) is 26.0. The monoisotopic (exact) mass is 370 g/mol. The number of nitrogens with one attached hydrogen (secondary N) is 3. The van der Waals surface area contributed by atoms with Gasteiger partial charge in [-0.1, -0.05) is 43.3 Å². The number of rotatable bonds is 9. The summed E-state index contributed by atoms with van der Waals surface area (Å²) < 4.78 is 5.21. The van der Waals surface area contributed by atoms with E-state index >= 15 is 0 Å². The van der Waals surface area contributed by atoms with Crippen LogP contribution in [0.4, 0.5) is 5.69 Å². The molecule has 1 unspecified atom stereocenters. The normalized spacial score (nSPS) is 12.7. The lowest BCUT2D eigenvalue weighted by Crippen LogP contribution is -3.11. The van der Waals surface area contributed by atoms with Gasteiger partial charge in [-0.3, -0.25) is 9.59 Å². The maximum Gasteiger partial charge on any atom is 0.287 e. The van der Waals surface area contributed by atoms with E-state index in [0.29, 0.717) is 18.0 Å². The van der Waals surface area contributed by atoms with Crippen molar-refractivity contribution in [2.45, 2.75) is 19.4 Å². The summed E-state index contributed by atoms with van der Waals surface area (Å²) in [6, 6.07) is 16.2. The first-order valence-corrected chi connectivity index (χ1v) is 9.14. The van der Waals surface area contributed by atoms with E-state index in [1.54, 1.807) is 13.2 Å². The van der Waals surface area contributed by atoms with Crippen LogP contribution >= 0.6 is 0 Å². The number of methoxy groups -OCH3 is 1. The lowest BCUT2D eigenvalue weighted by Gasteiger charge is -2.24. The van der Waals surface area contributed by atoms with Gasteiger partial charge in [-0.2, -0.15) is 0 Å². The summed E-state index contributed by atoms with van der Waals surface area (Å²) in [5.41, 5.74) is 1.52. The van der Waals surface area contributed by atoms with Crippen molar-refractivity contribution in [3.8, 4) is 5.75 Å². The molecule has 2 aromatic rings. The Balaban J connectivity index is 2.18. The highest BCUT2D eigenvalue weighted by molar-refractivity contribution is 5.94. The molecular formula is C21H28N3O3+. The standard InChI is InChI=1S/C21H27N3O3/c1-4-13-22-19(25)15-24(2)20(16-9-6-5-7-10-16)21(26)23-17-11-8-12-18(14-17)27-3/h5-12,14,20H,4,13,15H2,1-3H3,(H,22,25)(H,23,26)/p+1/t20-/m0/s1. The van der Waals surface area contributed by atoms with Crippen LogP contribution in [0.25, 0.3) is 0 Å². The highest BCUT2D eigenvalue weighted by Gasteiger charge is 2.30. The lowest BCUT2D eigenvalue weighted by molar-refractivity contribution is -0.894. The highest BCUT2D eigenvalue weighted by Crippen LogP contribution is 2.18. The van der Waals surface area contributed by atoms with Crippen molar-refractivity contribution in [2.24, 2.45) is 0 Å². The number of hydrogen-bond donors (Lipinski definition) is 3. The van der Waals surface area contributed by atoms with Gasteiger partial charge in [0.25, 0.3) is 11.8 Å². The Morgan fingerprint density at radius 1 is 1.11 bits per heavy atom. The minimum atomic E-state index is -0.509. The molecule has 2 aromatic carbocycles. The predicted molar refractivity (Wildman–Crippen MR) is 106 cm³/mol. The Kier molecular flexibility index (Phi) is 7.82. The van der Waals surface area contributed by atoms with Crippen LogP contribution < -0.4 is 20.3 Å². The molecule has 2 atom stereocenters. The molecule has 2 rings (SSSR count). The van der Waals surface area contributed by atoms with Crippen molar-refractivity contribution in [1.29, 1.82) is 0 Å². The van der Waals surface area contributed by atoms with Crippen LogP contribution in [-0.4, -0.2) is 39.1 Å². The van der Waals surface area contributed by atoms with Gasteiger partial charge in [-0.15, -0.1) is 0 Å². The smallest absolute Gasteiger partial charge is 0.287 e. The van der Waals surface area contributed by atoms with Crippen LogP contribution in [-0.2, 0) is 9.59 Å². The average Bonchev–Trinajstić information content (AvgIpc) is 2.67. The first-order chi connectivity index (χ1) is 13.0. The van der Waals surface area contributed by atoms with Crippen molar-refractivity contribution in [3.63, 3.8) is 0 Å². The summed E-state index contributed by atoms with van der Waals surface area (Å²) in [5.74, 6) is 0.434. The zero-order chi connectivity index (χ0) is 19.6. The van der Waals surface area contributed by atoms with Gasteiger partial charge in [0.15, 0.2) is 12.6 Å². The fourth-order valence-corrected chi connectivity index (χ4v) is 2.90. The van der Waals surface area contributed by atoms with E-state index in [1.807, 2.05) is 62.5 Å². The van der Waals surface area contributed by atoms with Gasteiger partial charge in [0.1, 0.15) is 5.75 Å². The Morgan fingerprint density at radius 2 is 1.85 bits per heavy atom. The molecule has 0 spiro atoms. The molecule has 0 radical (unpaired) electrons. The van der Waals surface area contributed by atoms with Gasteiger partial charge in [0.2, 0.25) is 0 Å². The predicted octanol–water partition coefficient (Wildman–Crippen LogP) is 1.42. The van der Waals surface area contributed by atoms with Gasteiger partial charge in [0.05, 0.1) is 14.2 Å². The van der Waals surface area contributed by atoms with Crippen LogP contribution in [0.15, 0.2) is 54.6 Å². The zero-order valence-electron chi connectivity index (χ0n) is 16.1. The topological polar surface area (TPSA) is 71.9 Å². The minimum absolute atomic E-state index is 0.0653.